The highest BCUT2D eigenvalue weighted by atomic mass is 16.5. The van der Waals surface area contributed by atoms with Gasteiger partial charge >= 0.3 is 0 Å². The third-order valence-corrected chi connectivity index (χ3v) is 5.93. The molecule has 0 saturated heterocycles. The molecule has 0 spiro atoms. The lowest BCUT2D eigenvalue weighted by Crippen LogP contribution is -2.31. The Hall–Kier alpha value is -3.57. The molecule has 3 aromatic carbocycles. The SMILES string of the molecule is COc1ccc(CN2COc3cc(C)c4c(c3C2)O/C(=C\c2ccc(C)cc2)C4=O)cc1. The Bertz CT molecular complexity index is 1210. The minimum atomic E-state index is -0.0758. The lowest BCUT2D eigenvalue weighted by atomic mass is 9.98. The van der Waals surface area contributed by atoms with Gasteiger partial charge in [0.25, 0.3) is 0 Å². The predicted octanol–water partition coefficient (Wildman–Crippen LogP) is 5.28. The largest absolute Gasteiger partial charge is 0.497 e. The molecule has 2 aliphatic rings. The van der Waals surface area contributed by atoms with Crippen LogP contribution < -0.4 is 14.2 Å². The van der Waals surface area contributed by atoms with E-state index in [1.165, 1.54) is 11.1 Å². The maximum Gasteiger partial charge on any atom is 0.232 e. The Balaban J connectivity index is 1.43. The van der Waals surface area contributed by atoms with Gasteiger partial charge in [-0.2, -0.15) is 0 Å². The lowest BCUT2D eigenvalue weighted by molar-refractivity contribution is 0.0872. The van der Waals surface area contributed by atoms with E-state index >= 15 is 0 Å². The van der Waals surface area contributed by atoms with Crippen molar-refractivity contribution in [1.29, 1.82) is 0 Å². The fourth-order valence-corrected chi connectivity index (χ4v) is 4.18. The van der Waals surface area contributed by atoms with Crippen molar-refractivity contribution in [1.82, 2.24) is 4.90 Å². The van der Waals surface area contributed by atoms with E-state index in [-0.39, 0.29) is 5.78 Å². The predicted molar refractivity (Wildman–Crippen MR) is 123 cm³/mol. The third kappa shape index (κ3) is 3.76. The average molecular weight is 428 g/mol. The maximum absolute atomic E-state index is 13.1. The van der Waals surface area contributed by atoms with Crippen LogP contribution in [0.4, 0.5) is 0 Å². The molecule has 0 aliphatic carbocycles. The highest BCUT2D eigenvalue weighted by molar-refractivity contribution is 6.15. The number of ketones is 1. The molecule has 0 aromatic heterocycles. The lowest BCUT2D eigenvalue weighted by Gasteiger charge is -2.30. The van der Waals surface area contributed by atoms with Crippen LogP contribution in [-0.4, -0.2) is 24.5 Å². The molecule has 162 valence electrons. The van der Waals surface area contributed by atoms with E-state index in [9.17, 15) is 4.79 Å². The monoisotopic (exact) mass is 427 g/mol. The molecule has 0 N–H and O–H groups in total. The van der Waals surface area contributed by atoms with Crippen LogP contribution in [0, 0.1) is 13.8 Å². The molecule has 5 heteroatoms. The van der Waals surface area contributed by atoms with Crippen LogP contribution in [0.25, 0.3) is 6.08 Å². The Labute approximate surface area is 187 Å². The first-order chi connectivity index (χ1) is 15.5. The van der Waals surface area contributed by atoms with Crippen LogP contribution in [0.2, 0.25) is 0 Å². The number of rotatable bonds is 4. The van der Waals surface area contributed by atoms with Gasteiger partial charge in [-0.15, -0.1) is 0 Å². The summed E-state index contributed by atoms with van der Waals surface area (Å²) in [4.78, 5) is 15.3. The second kappa shape index (κ2) is 8.17. The van der Waals surface area contributed by atoms with E-state index < -0.39 is 0 Å². The summed E-state index contributed by atoms with van der Waals surface area (Å²) in [5, 5.41) is 0. The molecule has 2 aliphatic heterocycles. The van der Waals surface area contributed by atoms with Gasteiger partial charge in [0.2, 0.25) is 5.78 Å². The maximum atomic E-state index is 13.1. The van der Waals surface area contributed by atoms with Crippen molar-refractivity contribution in [2.24, 2.45) is 0 Å². The minimum Gasteiger partial charge on any atom is -0.497 e. The van der Waals surface area contributed by atoms with Crippen LogP contribution in [0.5, 0.6) is 17.2 Å². The molecule has 3 aromatic rings. The normalized spacial score (nSPS) is 16.3. The summed E-state index contributed by atoms with van der Waals surface area (Å²) in [6, 6.07) is 18.0. The van der Waals surface area contributed by atoms with Gasteiger partial charge in [0, 0.05) is 13.1 Å². The van der Waals surface area contributed by atoms with Crippen LogP contribution in [0.1, 0.15) is 38.2 Å². The molecule has 5 rings (SSSR count). The fraction of sp³-hybridized carbons (Fsp3) is 0.222. The minimum absolute atomic E-state index is 0.0758. The summed E-state index contributed by atoms with van der Waals surface area (Å²) in [6.45, 7) is 5.83. The number of aryl methyl sites for hydroxylation is 2. The average Bonchev–Trinajstić information content (AvgIpc) is 3.13. The smallest absolute Gasteiger partial charge is 0.232 e. The first-order valence-corrected chi connectivity index (χ1v) is 10.7. The van der Waals surface area contributed by atoms with Crippen molar-refractivity contribution < 1.29 is 19.0 Å². The number of nitrogens with zero attached hydrogens (tertiary/aromatic N) is 1. The Morgan fingerprint density at radius 2 is 1.81 bits per heavy atom. The van der Waals surface area contributed by atoms with Crippen molar-refractivity contribution >= 4 is 11.9 Å². The molecule has 32 heavy (non-hydrogen) atoms. The summed E-state index contributed by atoms with van der Waals surface area (Å²) >= 11 is 0. The number of methoxy groups -OCH3 is 1. The molecule has 0 unspecified atom stereocenters. The fourth-order valence-electron chi connectivity index (χ4n) is 4.18. The molecule has 0 bridgehead atoms. The van der Waals surface area contributed by atoms with Gasteiger partial charge < -0.3 is 14.2 Å². The molecular weight excluding hydrogens is 402 g/mol. The van der Waals surface area contributed by atoms with Gasteiger partial charge in [0.1, 0.15) is 24.0 Å². The zero-order chi connectivity index (χ0) is 22.2. The number of Topliss-reactive ketones (excluding diaryl/α,β-unsaturated/α-hetero) is 1. The second-order valence-corrected chi connectivity index (χ2v) is 8.33. The van der Waals surface area contributed by atoms with Crippen molar-refractivity contribution in [2.75, 3.05) is 13.8 Å². The molecule has 0 saturated carbocycles. The van der Waals surface area contributed by atoms with Crippen molar-refractivity contribution in [3.8, 4) is 17.2 Å². The highest BCUT2D eigenvalue weighted by Crippen LogP contribution is 2.44. The number of benzene rings is 3. The summed E-state index contributed by atoms with van der Waals surface area (Å²) < 4.78 is 17.4. The molecule has 5 nitrogen and oxygen atoms in total. The molecule has 0 fully saturated rings. The molecular formula is C27H25NO4. The quantitative estimate of drug-likeness (QED) is 0.530. The Morgan fingerprint density at radius 1 is 1.06 bits per heavy atom. The van der Waals surface area contributed by atoms with Crippen molar-refractivity contribution in [3.05, 3.63) is 93.7 Å². The van der Waals surface area contributed by atoms with Gasteiger partial charge in [-0.3, -0.25) is 9.69 Å². The van der Waals surface area contributed by atoms with Gasteiger partial charge in [0.05, 0.1) is 18.2 Å². The van der Waals surface area contributed by atoms with Gasteiger partial charge in [-0.25, -0.2) is 0 Å². The van der Waals surface area contributed by atoms with E-state index in [4.69, 9.17) is 14.2 Å². The summed E-state index contributed by atoms with van der Waals surface area (Å²) in [6.07, 6.45) is 1.81. The van der Waals surface area contributed by atoms with Gasteiger partial charge in [-0.05, 0) is 54.8 Å². The van der Waals surface area contributed by atoms with Crippen LogP contribution >= 0.6 is 0 Å². The first kappa shape index (κ1) is 20.3. The Kier molecular flexibility index (Phi) is 5.19. The number of carbonyl (C=O) groups is 1. The zero-order valence-electron chi connectivity index (χ0n) is 18.5. The van der Waals surface area contributed by atoms with Crippen LogP contribution in [0.15, 0.2) is 60.4 Å². The molecule has 0 radical (unpaired) electrons. The van der Waals surface area contributed by atoms with E-state index in [2.05, 4.69) is 17.0 Å². The third-order valence-electron chi connectivity index (χ3n) is 5.93. The summed E-state index contributed by atoms with van der Waals surface area (Å²) in [5.41, 5.74) is 5.71. The summed E-state index contributed by atoms with van der Waals surface area (Å²) in [5.74, 6) is 2.53. The number of hydrogen-bond donors (Lipinski definition) is 0. The zero-order valence-corrected chi connectivity index (χ0v) is 18.5. The van der Waals surface area contributed by atoms with Crippen molar-refractivity contribution in [3.63, 3.8) is 0 Å². The highest BCUT2D eigenvalue weighted by Gasteiger charge is 2.35. The number of carbonyl (C=O) groups excluding carboxylic acids is 1. The topological polar surface area (TPSA) is 48.0 Å². The second-order valence-electron chi connectivity index (χ2n) is 8.33. The molecule has 0 amide bonds. The number of fused-ring (bicyclic) bond motifs is 3. The van der Waals surface area contributed by atoms with Gasteiger partial charge in [-0.1, -0.05) is 42.0 Å². The number of allylic oxidation sites excluding steroid dienone is 1. The standard InChI is InChI=1S/C27H25NO4/c1-17-4-6-19(7-5-17)13-24-26(29)25-18(2)12-23-22(27(25)32-24)15-28(16-31-23)14-20-8-10-21(30-3)11-9-20/h4-13H,14-16H2,1-3H3/b24-13-. The number of hydrogen-bond acceptors (Lipinski definition) is 5. The Morgan fingerprint density at radius 3 is 2.53 bits per heavy atom. The molecule has 2 heterocycles. The van der Waals surface area contributed by atoms with Crippen LogP contribution in [-0.2, 0) is 13.1 Å². The van der Waals surface area contributed by atoms with Crippen LogP contribution in [0.3, 0.4) is 0 Å². The van der Waals surface area contributed by atoms with E-state index in [1.807, 2.05) is 62.4 Å². The first-order valence-electron chi connectivity index (χ1n) is 10.7. The van der Waals surface area contributed by atoms with E-state index in [1.54, 1.807) is 7.11 Å². The van der Waals surface area contributed by atoms with E-state index in [0.29, 0.717) is 30.3 Å². The van der Waals surface area contributed by atoms with Gasteiger partial charge in [0.15, 0.2) is 5.76 Å². The number of ether oxygens (including phenoxy) is 3. The molecule has 0 atom stereocenters. The van der Waals surface area contributed by atoms with E-state index in [0.717, 1.165) is 34.7 Å². The van der Waals surface area contributed by atoms with Crippen molar-refractivity contribution in [2.45, 2.75) is 26.9 Å². The summed E-state index contributed by atoms with van der Waals surface area (Å²) in [7, 11) is 1.66.